The SMILES string of the molecule is COc1ccc(-n2c(O)c(C=NCCCn3ccnc3)c(=O)[nH]c2=S)cc1. The highest BCUT2D eigenvalue weighted by molar-refractivity contribution is 7.71. The average molecular weight is 385 g/mol. The summed E-state index contributed by atoms with van der Waals surface area (Å²) in [5, 5.41) is 10.6. The molecule has 0 atom stereocenters. The number of H-pyrrole nitrogens is 1. The van der Waals surface area contributed by atoms with Gasteiger partial charge in [0.25, 0.3) is 5.56 Å². The third-order valence-corrected chi connectivity index (χ3v) is 4.22. The molecule has 2 N–H and O–H groups in total. The second kappa shape index (κ2) is 8.45. The number of rotatable bonds is 7. The fourth-order valence-electron chi connectivity index (χ4n) is 2.55. The number of aromatic hydroxyl groups is 1. The molecule has 0 bridgehead atoms. The van der Waals surface area contributed by atoms with Gasteiger partial charge in [0.1, 0.15) is 11.3 Å². The summed E-state index contributed by atoms with van der Waals surface area (Å²) < 4.78 is 8.55. The summed E-state index contributed by atoms with van der Waals surface area (Å²) >= 11 is 5.19. The highest BCUT2D eigenvalue weighted by atomic mass is 32.1. The van der Waals surface area contributed by atoms with E-state index in [4.69, 9.17) is 17.0 Å². The van der Waals surface area contributed by atoms with Gasteiger partial charge in [0.2, 0.25) is 5.88 Å². The van der Waals surface area contributed by atoms with E-state index in [1.807, 2.05) is 10.8 Å². The van der Waals surface area contributed by atoms with Crippen molar-refractivity contribution in [3.05, 3.63) is 63.7 Å². The van der Waals surface area contributed by atoms with Crippen molar-refractivity contribution in [2.75, 3.05) is 13.7 Å². The van der Waals surface area contributed by atoms with Crippen LogP contribution in [0, 0.1) is 4.77 Å². The maximum Gasteiger partial charge on any atom is 0.264 e. The molecule has 0 aliphatic heterocycles. The summed E-state index contributed by atoms with van der Waals surface area (Å²) in [4.78, 5) is 23.0. The molecule has 0 saturated carbocycles. The van der Waals surface area contributed by atoms with E-state index in [9.17, 15) is 9.90 Å². The Morgan fingerprint density at radius 2 is 2.15 bits per heavy atom. The maximum atomic E-state index is 12.2. The number of aromatic amines is 1. The van der Waals surface area contributed by atoms with Gasteiger partial charge in [-0.15, -0.1) is 0 Å². The van der Waals surface area contributed by atoms with Crippen LogP contribution in [0.25, 0.3) is 5.69 Å². The lowest BCUT2D eigenvalue weighted by molar-refractivity contribution is 0.414. The van der Waals surface area contributed by atoms with E-state index >= 15 is 0 Å². The monoisotopic (exact) mass is 385 g/mol. The van der Waals surface area contributed by atoms with Gasteiger partial charge in [0, 0.05) is 31.7 Å². The molecule has 0 fully saturated rings. The van der Waals surface area contributed by atoms with E-state index in [0.717, 1.165) is 13.0 Å². The Hall–Kier alpha value is -3.20. The molecule has 0 spiro atoms. The number of aromatic nitrogens is 4. The number of methoxy groups -OCH3 is 1. The Morgan fingerprint density at radius 3 is 2.81 bits per heavy atom. The van der Waals surface area contributed by atoms with Crippen LogP contribution in [-0.2, 0) is 6.54 Å². The van der Waals surface area contributed by atoms with Crippen LogP contribution < -0.4 is 10.3 Å². The van der Waals surface area contributed by atoms with Gasteiger partial charge in [0.15, 0.2) is 4.77 Å². The van der Waals surface area contributed by atoms with Crippen LogP contribution in [0.3, 0.4) is 0 Å². The van der Waals surface area contributed by atoms with Gasteiger partial charge in [-0.05, 0) is 42.9 Å². The van der Waals surface area contributed by atoms with Crippen molar-refractivity contribution < 1.29 is 9.84 Å². The molecule has 0 aliphatic carbocycles. The summed E-state index contributed by atoms with van der Waals surface area (Å²) in [5.41, 5.74) is 0.173. The third kappa shape index (κ3) is 4.32. The van der Waals surface area contributed by atoms with Crippen molar-refractivity contribution >= 4 is 18.4 Å². The number of aliphatic imine (C=N–C) groups is 1. The van der Waals surface area contributed by atoms with Crippen molar-refractivity contribution in [2.45, 2.75) is 13.0 Å². The van der Waals surface area contributed by atoms with E-state index in [2.05, 4.69) is 15.0 Å². The average Bonchev–Trinajstić information content (AvgIpc) is 3.17. The number of hydrogen-bond acceptors (Lipinski definition) is 6. The highest BCUT2D eigenvalue weighted by Gasteiger charge is 2.12. The number of nitrogens with zero attached hydrogens (tertiary/aromatic N) is 4. The maximum absolute atomic E-state index is 12.2. The first-order valence-electron chi connectivity index (χ1n) is 8.28. The van der Waals surface area contributed by atoms with E-state index < -0.39 is 5.56 Å². The van der Waals surface area contributed by atoms with Crippen molar-refractivity contribution in [1.82, 2.24) is 19.1 Å². The number of nitrogens with one attached hydrogen (secondary N) is 1. The van der Waals surface area contributed by atoms with Gasteiger partial charge in [-0.25, -0.2) is 4.98 Å². The molecule has 0 amide bonds. The summed E-state index contributed by atoms with van der Waals surface area (Å²) in [6.45, 7) is 1.28. The first-order valence-corrected chi connectivity index (χ1v) is 8.69. The standard InChI is InChI=1S/C18H19N5O3S/c1-26-14-5-3-13(4-6-14)23-17(25)15(16(24)21-18(23)27)11-19-7-2-9-22-10-8-20-12-22/h3-6,8,10-12,25H,2,7,9H2,1H3,(H,21,24,27). The van der Waals surface area contributed by atoms with Crippen molar-refractivity contribution in [3.63, 3.8) is 0 Å². The number of aryl methyl sites for hydroxylation is 1. The molecule has 2 aromatic heterocycles. The van der Waals surface area contributed by atoms with Crippen LogP contribution in [-0.4, -0.2) is 44.1 Å². The molecule has 0 aliphatic rings. The van der Waals surface area contributed by atoms with E-state index in [-0.39, 0.29) is 16.2 Å². The van der Waals surface area contributed by atoms with Crippen molar-refractivity contribution in [3.8, 4) is 17.3 Å². The number of hydrogen-bond donors (Lipinski definition) is 2. The highest BCUT2D eigenvalue weighted by Crippen LogP contribution is 2.21. The fourth-order valence-corrected chi connectivity index (χ4v) is 2.83. The molecule has 3 aromatic rings. The largest absolute Gasteiger partial charge is 0.497 e. The minimum absolute atomic E-state index is 0.0575. The lowest BCUT2D eigenvalue weighted by atomic mass is 10.2. The second-order valence-electron chi connectivity index (χ2n) is 5.72. The predicted molar refractivity (Wildman–Crippen MR) is 105 cm³/mol. The molecule has 8 nitrogen and oxygen atoms in total. The smallest absolute Gasteiger partial charge is 0.264 e. The van der Waals surface area contributed by atoms with E-state index in [1.165, 1.54) is 10.8 Å². The fraction of sp³-hybridized carbons (Fsp3) is 0.222. The summed E-state index contributed by atoms with van der Waals surface area (Å²) in [7, 11) is 1.57. The molecule has 1 aromatic carbocycles. The van der Waals surface area contributed by atoms with Gasteiger partial charge in [-0.3, -0.25) is 19.3 Å². The van der Waals surface area contributed by atoms with Gasteiger partial charge in [-0.2, -0.15) is 0 Å². The summed E-state index contributed by atoms with van der Waals surface area (Å²) in [6, 6.07) is 6.95. The Morgan fingerprint density at radius 1 is 1.37 bits per heavy atom. The Kier molecular flexibility index (Phi) is 5.82. The quantitative estimate of drug-likeness (QED) is 0.370. The molecule has 2 heterocycles. The van der Waals surface area contributed by atoms with Crippen LogP contribution in [0.2, 0.25) is 0 Å². The lowest BCUT2D eigenvalue weighted by Gasteiger charge is -2.11. The molecular formula is C18H19N5O3S. The van der Waals surface area contributed by atoms with Crippen LogP contribution in [0.1, 0.15) is 12.0 Å². The lowest BCUT2D eigenvalue weighted by Crippen LogP contribution is -2.18. The minimum atomic E-state index is -0.486. The summed E-state index contributed by atoms with van der Waals surface area (Å²) in [5.74, 6) is 0.418. The molecule has 9 heteroatoms. The first kappa shape index (κ1) is 18.6. The van der Waals surface area contributed by atoms with Crippen LogP contribution >= 0.6 is 12.2 Å². The number of ether oxygens (including phenoxy) is 1. The topological polar surface area (TPSA) is 97.4 Å². The molecule has 0 radical (unpaired) electrons. The number of benzene rings is 1. The zero-order valence-corrected chi connectivity index (χ0v) is 15.5. The van der Waals surface area contributed by atoms with Gasteiger partial charge < -0.3 is 14.4 Å². The van der Waals surface area contributed by atoms with Gasteiger partial charge in [-0.1, -0.05) is 0 Å². The Bertz CT molecular complexity index is 1040. The first-order chi connectivity index (χ1) is 13.1. The molecular weight excluding hydrogens is 366 g/mol. The summed E-state index contributed by atoms with van der Waals surface area (Å²) in [6.07, 6.45) is 7.48. The van der Waals surface area contributed by atoms with E-state index in [0.29, 0.717) is 18.0 Å². The van der Waals surface area contributed by atoms with Gasteiger partial charge >= 0.3 is 0 Å². The molecule has 140 valence electrons. The Labute approximate surface area is 160 Å². The molecule has 3 rings (SSSR count). The van der Waals surface area contributed by atoms with Gasteiger partial charge in [0.05, 0.1) is 19.1 Å². The zero-order valence-electron chi connectivity index (χ0n) is 14.7. The molecule has 27 heavy (non-hydrogen) atoms. The Balaban J connectivity index is 1.81. The third-order valence-electron chi connectivity index (χ3n) is 3.93. The normalized spacial score (nSPS) is 11.1. The minimum Gasteiger partial charge on any atom is -0.497 e. The van der Waals surface area contributed by atoms with Crippen LogP contribution in [0.5, 0.6) is 11.6 Å². The predicted octanol–water partition coefficient (Wildman–Crippen LogP) is 2.31. The number of imidazole rings is 1. The van der Waals surface area contributed by atoms with Crippen LogP contribution in [0.15, 0.2) is 52.8 Å². The zero-order chi connectivity index (χ0) is 19.2. The van der Waals surface area contributed by atoms with Crippen molar-refractivity contribution in [1.29, 1.82) is 0 Å². The van der Waals surface area contributed by atoms with E-state index in [1.54, 1.807) is 43.9 Å². The molecule has 0 unspecified atom stereocenters. The van der Waals surface area contributed by atoms with Crippen molar-refractivity contribution in [2.24, 2.45) is 4.99 Å². The van der Waals surface area contributed by atoms with Crippen LogP contribution in [0.4, 0.5) is 0 Å². The molecule has 0 saturated heterocycles. The second-order valence-corrected chi connectivity index (χ2v) is 6.11.